The molecule has 2 heterocycles. The molecule has 0 bridgehead atoms. The number of hydrogen-bond acceptors (Lipinski definition) is 3. The van der Waals surface area contributed by atoms with Crippen molar-refractivity contribution in [1.29, 1.82) is 0 Å². The number of nitrogens with zero attached hydrogens (tertiary/aromatic N) is 3. The number of pyridine rings is 2. The van der Waals surface area contributed by atoms with Crippen molar-refractivity contribution in [2.75, 3.05) is 7.05 Å². The minimum absolute atomic E-state index is 0.676. The minimum atomic E-state index is 0.676. The van der Waals surface area contributed by atoms with E-state index in [-0.39, 0.29) is 0 Å². The van der Waals surface area contributed by atoms with E-state index in [2.05, 4.69) is 65.4 Å². The van der Waals surface area contributed by atoms with Crippen LogP contribution in [0, 0.1) is 11.1 Å². The summed E-state index contributed by atoms with van der Waals surface area (Å²) in [6.45, 7) is 19.3. The van der Waals surface area contributed by atoms with E-state index < -0.39 is 0 Å². The van der Waals surface area contributed by atoms with Crippen LogP contribution in [0.15, 0.2) is 61.2 Å². The van der Waals surface area contributed by atoms with Gasteiger partial charge in [0.25, 0.3) is 0 Å². The molecular weight excluding hydrogens is 334 g/mol. The highest BCUT2D eigenvalue weighted by atomic mass is 16.5. The van der Waals surface area contributed by atoms with Crippen molar-refractivity contribution in [3.05, 3.63) is 66.4 Å². The Labute approximate surface area is 168 Å². The fourth-order valence-corrected chi connectivity index (χ4v) is 1.29. The van der Waals surface area contributed by atoms with E-state index in [1.54, 1.807) is 30.6 Å². The molecule has 2 rings (SSSR count). The van der Waals surface area contributed by atoms with E-state index in [0.717, 1.165) is 10.6 Å². The maximum Gasteiger partial charge on any atom is 0.180 e. The minimum Gasteiger partial charge on any atom is -0.619 e. The predicted molar refractivity (Wildman–Crippen MR) is 120 cm³/mol. The van der Waals surface area contributed by atoms with Crippen LogP contribution in [0.1, 0.15) is 62.3 Å². The number of rotatable bonds is 2. The summed E-state index contributed by atoms with van der Waals surface area (Å²) >= 11 is 0. The molecule has 0 aliphatic heterocycles. The molecule has 0 aliphatic rings. The molecule has 0 aliphatic carbocycles. The third-order valence-corrected chi connectivity index (χ3v) is 2.88. The Morgan fingerprint density at radius 1 is 0.704 bits per heavy atom. The van der Waals surface area contributed by atoms with Crippen LogP contribution >= 0.6 is 0 Å². The molecule has 0 saturated heterocycles. The molecule has 0 atom stereocenters. The summed E-state index contributed by atoms with van der Waals surface area (Å²) in [5.41, 5.74) is 0. The number of aromatic nitrogens is 2. The summed E-state index contributed by atoms with van der Waals surface area (Å²) in [6.07, 6.45) is 6.39. The highest BCUT2D eigenvalue weighted by molar-refractivity contribution is 4.88. The van der Waals surface area contributed by atoms with Gasteiger partial charge in [-0.05, 0) is 52.8 Å². The fourth-order valence-electron chi connectivity index (χ4n) is 1.29. The summed E-state index contributed by atoms with van der Waals surface area (Å²) in [5.74, 6) is 0.833. The van der Waals surface area contributed by atoms with Gasteiger partial charge in [-0.3, -0.25) is 4.98 Å². The van der Waals surface area contributed by atoms with Gasteiger partial charge in [-0.1, -0.05) is 46.8 Å². The zero-order valence-corrected chi connectivity index (χ0v) is 19.3. The van der Waals surface area contributed by atoms with Gasteiger partial charge in [0.2, 0.25) is 0 Å². The molecule has 27 heavy (non-hydrogen) atoms. The van der Waals surface area contributed by atoms with Gasteiger partial charge in [0, 0.05) is 36.6 Å². The van der Waals surface area contributed by atoms with E-state index in [1.807, 2.05) is 32.0 Å². The summed E-state index contributed by atoms with van der Waals surface area (Å²) in [4.78, 5) is 6.12. The second-order valence-electron chi connectivity index (χ2n) is 6.84. The maximum atomic E-state index is 10.2. The Balaban J connectivity index is -0.000000282. The molecule has 0 saturated carbocycles. The lowest BCUT2D eigenvalue weighted by Crippen LogP contribution is -2.32. The Bertz CT molecular complexity index is 436. The predicted octanol–water partition coefficient (Wildman–Crippen LogP) is 5.83. The van der Waals surface area contributed by atoms with Crippen LogP contribution in [0.5, 0.6) is 0 Å². The van der Waals surface area contributed by atoms with Crippen molar-refractivity contribution in [2.24, 2.45) is 5.92 Å². The molecule has 4 nitrogen and oxygen atoms in total. The van der Waals surface area contributed by atoms with Gasteiger partial charge < -0.3 is 10.1 Å². The first kappa shape index (κ1) is 29.8. The molecule has 0 N–H and O–H groups in total. The van der Waals surface area contributed by atoms with Crippen molar-refractivity contribution < 1.29 is 4.73 Å². The van der Waals surface area contributed by atoms with Crippen LogP contribution in [0.25, 0.3) is 0 Å². The van der Waals surface area contributed by atoms with Crippen molar-refractivity contribution in [2.45, 2.75) is 74.4 Å². The highest BCUT2D eigenvalue weighted by Crippen LogP contribution is 1.98. The van der Waals surface area contributed by atoms with E-state index in [0.29, 0.717) is 12.1 Å². The topological polar surface area (TPSA) is 43.1 Å². The number of hydrogen-bond donors (Lipinski definition) is 0. The summed E-state index contributed by atoms with van der Waals surface area (Å²) < 4.78 is 0.750. The van der Waals surface area contributed by atoms with Gasteiger partial charge >= 0.3 is 0 Å². The average molecular weight is 378 g/mol. The van der Waals surface area contributed by atoms with Crippen LogP contribution in [0.3, 0.4) is 0 Å². The first-order valence-electron chi connectivity index (χ1n) is 9.89. The van der Waals surface area contributed by atoms with Gasteiger partial charge in [0.05, 0.1) is 0 Å². The van der Waals surface area contributed by atoms with Crippen LogP contribution in [0.4, 0.5) is 0 Å². The van der Waals surface area contributed by atoms with Gasteiger partial charge in [-0.15, -0.1) is 0 Å². The van der Waals surface area contributed by atoms with Gasteiger partial charge in [-0.25, -0.2) is 0 Å². The molecule has 156 valence electrons. The Morgan fingerprint density at radius 2 is 1.04 bits per heavy atom. The standard InChI is InChI=1S/C7H17N.C5H5NO.C5H5N.C4H10.C2H6/c1-6(2)8(5)7(3)4;7-6-4-2-1-3-5-6;1-2-4-6-5-3-1;1-4(2)3;1-2/h6-7H,1-5H3;1-5H;1-5H;4H,1-3H3;1-2H3. The molecule has 0 unspecified atom stereocenters. The molecule has 0 spiro atoms. The third-order valence-electron chi connectivity index (χ3n) is 2.88. The third kappa shape index (κ3) is 29.1. The lowest BCUT2D eigenvalue weighted by molar-refractivity contribution is -0.605. The summed E-state index contributed by atoms with van der Waals surface area (Å²) in [6, 6.07) is 12.2. The normalized spacial score (nSPS) is 9.11. The monoisotopic (exact) mass is 377 g/mol. The molecule has 0 amide bonds. The van der Waals surface area contributed by atoms with Crippen molar-refractivity contribution in [1.82, 2.24) is 9.88 Å². The van der Waals surface area contributed by atoms with Crippen LogP contribution in [-0.2, 0) is 0 Å². The largest absolute Gasteiger partial charge is 0.619 e. The quantitative estimate of drug-likeness (QED) is 0.489. The molecular formula is C23H43N3O. The SMILES string of the molecule is CC.CC(C)C.CC(C)N(C)C(C)C.[O-][n+]1ccccc1.c1ccncc1. The fraction of sp³-hybridized carbons (Fsp3) is 0.565. The second-order valence-corrected chi connectivity index (χ2v) is 6.84. The Kier molecular flexibility index (Phi) is 24.4. The Hall–Kier alpha value is -1.94. The van der Waals surface area contributed by atoms with E-state index >= 15 is 0 Å². The first-order chi connectivity index (χ1) is 12.7. The zero-order valence-electron chi connectivity index (χ0n) is 19.3. The summed E-state index contributed by atoms with van der Waals surface area (Å²) in [7, 11) is 2.15. The van der Waals surface area contributed by atoms with Crippen molar-refractivity contribution >= 4 is 0 Å². The maximum absolute atomic E-state index is 10.2. The van der Waals surface area contributed by atoms with E-state index in [4.69, 9.17) is 0 Å². The lowest BCUT2D eigenvalue weighted by Gasteiger charge is -2.24. The second kappa shape index (κ2) is 22.1. The molecule has 2 aromatic rings. The van der Waals surface area contributed by atoms with Crippen LogP contribution in [0.2, 0.25) is 0 Å². The summed E-state index contributed by atoms with van der Waals surface area (Å²) in [5, 5.41) is 10.2. The van der Waals surface area contributed by atoms with Gasteiger partial charge in [0.1, 0.15) is 0 Å². The molecule has 4 heteroatoms. The molecule has 0 aromatic carbocycles. The zero-order chi connectivity index (χ0) is 21.7. The first-order valence-corrected chi connectivity index (χ1v) is 9.89. The average Bonchev–Trinajstić information content (AvgIpc) is 2.65. The van der Waals surface area contributed by atoms with E-state index in [1.165, 1.54) is 12.4 Å². The van der Waals surface area contributed by atoms with Crippen molar-refractivity contribution in [3.63, 3.8) is 0 Å². The lowest BCUT2D eigenvalue weighted by atomic mass is 10.3. The van der Waals surface area contributed by atoms with E-state index in [9.17, 15) is 5.21 Å². The molecule has 2 aromatic heterocycles. The van der Waals surface area contributed by atoms with Crippen LogP contribution < -0.4 is 4.73 Å². The molecule has 0 fully saturated rings. The van der Waals surface area contributed by atoms with Gasteiger partial charge in [-0.2, -0.15) is 4.73 Å². The highest BCUT2D eigenvalue weighted by Gasteiger charge is 2.04. The molecule has 0 radical (unpaired) electrons. The van der Waals surface area contributed by atoms with Gasteiger partial charge in [0.15, 0.2) is 12.4 Å². The smallest absolute Gasteiger partial charge is 0.180 e. The van der Waals surface area contributed by atoms with Crippen molar-refractivity contribution in [3.8, 4) is 0 Å². The Morgan fingerprint density at radius 3 is 1.15 bits per heavy atom. The van der Waals surface area contributed by atoms with Crippen LogP contribution in [-0.4, -0.2) is 29.0 Å².